The summed E-state index contributed by atoms with van der Waals surface area (Å²) in [6.45, 7) is 4.87. The van der Waals surface area contributed by atoms with Crippen LogP contribution in [-0.2, 0) is 6.54 Å². The van der Waals surface area contributed by atoms with E-state index in [-0.39, 0.29) is 17.6 Å². The Labute approximate surface area is 145 Å². The quantitative estimate of drug-likeness (QED) is 0.715. The number of hydrogen-bond donors (Lipinski definition) is 1. The van der Waals surface area contributed by atoms with Gasteiger partial charge in [-0.3, -0.25) is 9.48 Å². The van der Waals surface area contributed by atoms with Crippen LogP contribution in [0.2, 0.25) is 0 Å². The van der Waals surface area contributed by atoms with Crippen molar-refractivity contribution in [2.24, 2.45) is 0 Å². The minimum atomic E-state index is -0.287. The summed E-state index contributed by atoms with van der Waals surface area (Å²) in [5.74, 6) is 1.06. The molecule has 0 aliphatic rings. The molecule has 0 spiro atoms. The summed E-state index contributed by atoms with van der Waals surface area (Å²) in [6, 6.07) is 10.9. The second-order valence-corrected chi connectivity index (χ2v) is 5.58. The van der Waals surface area contributed by atoms with E-state index >= 15 is 0 Å². The molecule has 130 valence electrons. The SMILES string of the molecule is CCOc1cccc(C(C)NC(=O)c2cc(Cn3cccn3)on2)c1. The van der Waals surface area contributed by atoms with Gasteiger partial charge in [-0.2, -0.15) is 5.10 Å². The fourth-order valence-corrected chi connectivity index (χ4v) is 2.44. The molecule has 2 aromatic heterocycles. The predicted molar refractivity (Wildman–Crippen MR) is 91.3 cm³/mol. The van der Waals surface area contributed by atoms with Gasteiger partial charge in [0.1, 0.15) is 12.3 Å². The van der Waals surface area contributed by atoms with Gasteiger partial charge in [0, 0.05) is 18.5 Å². The van der Waals surface area contributed by atoms with Crippen LogP contribution in [0.4, 0.5) is 0 Å². The first-order valence-corrected chi connectivity index (χ1v) is 8.12. The van der Waals surface area contributed by atoms with E-state index in [1.165, 1.54) is 0 Å². The van der Waals surface area contributed by atoms with Gasteiger partial charge in [0.15, 0.2) is 11.5 Å². The topological polar surface area (TPSA) is 82.2 Å². The normalized spacial score (nSPS) is 11.9. The molecule has 3 rings (SSSR count). The lowest BCUT2D eigenvalue weighted by molar-refractivity contribution is 0.0930. The minimum absolute atomic E-state index is 0.181. The number of rotatable bonds is 7. The number of benzene rings is 1. The molecule has 0 bridgehead atoms. The van der Waals surface area contributed by atoms with Crippen LogP contribution in [0.25, 0.3) is 0 Å². The zero-order valence-electron chi connectivity index (χ0n) is 14.2. The van der Waals surface area contributed by atoms with Gasteiger partial charge in [0.2, 0.25) is 0 Å². The molecule has 25 heavy (non-hydrogen) atoms. The molecule has 1 N–H and O–H groups in total. The van der Waals surface area contributed by atoms with Crippen LogP contribution >= 0.6 is 0 Å². The van der Waals surface area contributed by atoms with E-state index in [1.807, 2.05) is 50.4 Å². The molecular formula is C18H20N4O3. The predicted octanol–water partition coefficient (Wildman–Crippen LogP) is 2.81. The molecule has 1 unspecified atom stereocenters. The smallest absolute Gasteiger partial charge is 0.273 e. The third kappa shape index (κ3) is 4.26. The number of carbonyl (C=O) groups is 1. The maximum absolute atomic E-state index is 12.4. The van der Waals surface area contributed by atoms with Gasteiger partial charge >= 0.3 is 0 Å². The molecule has 1 amide bonds. The standard InChI is InChI=1S/C18H20N4O3/c1-3-24-15-7-4-6-14(10-15)13(2)20-18(23)17-11-16(25-21-17)12-22-9-5-8-19-22/h4-11,13H,3,12H2,1-2H3,(H,20,23). The molecule has 7 heteroatoms. The van der Waals surface area contributed by atoms with E-state index in [9.17, 15) is 4.79 Å². The Kier molecular flexibility index (Phi) is 5.13. The summed E-state index contributed by atoms with van der Waals surface area (Å²) in [5.41, 5.74) is 1.20. The molecule has 3 aromatic rings. The van der Waals surface area contributed by atoms with Gasteiger partial charge in [0.05, 0.1) is 12.6 Å². The van der Waals surface area contributed by atoms with E-state index in [0.717, 1.165) is 11.3 Å². The van der Waals surface area contributed by atoms with E-state index in [0.29, 0.717) is 18.9 Å². The van der Waals surface area contributed by atoms with Gasteiger partial charge in [0.25, 0.3) is 5.91 Å². The van der Waals surface area contributed by atoms with Crippen LogP contribution in [0.5, 0.6) is 5.75 Å². The molecule has 0 saturated carbocycles. The molecular weight excluding hydrogens is 320 g/mol. The molecule has 0 radical (unpaired) electrons. The van der Waals surface area contributed by atoms with Gasteiger partial charge in [-0.05, 0) is 37.6 Å². The third-order valence-electron chi connectivity index (χ3n) is 3.69. The van der Waals surface area contributed by atoms with Gasteiger partial charge < -0.3 is 14.6 Å². The van der Waals surface area contributed by atoms with Crippen LogP contribution in [0.3, 0.4) is 0 Å². The Bertz CT molecular complexity index is 826. The third-order valence-corrected chi connectivity index (χ3v) is 3.69. The van der Waals surface area contributed by atoms with Crippen LogP contribution in [0.1, 0.15) is 41.7 Å². The summed E-state index contributed by atoms with van der Waals surface area (Å²) in [4.78, 5) is 12.4. The zero-order chi connectivity index (χ0) is 17.6. The number of aromatic nitrogens is 3. The molecule has 0 saturated heterocycles. The van der Waals surface area contributed by atoms with E-state index in [1.54, 1.807) is 16.9 Å². The fraction of sp³-hybridized carbons (Fsp3) is 0.278. The Morgan fingerprint density at radius 1 is 1.36 bits per heavy atom. The van der Waals surface area contributed by atoms with Crippen LogP contribution < -0.4 is 10.1 Å². The number of carbonyl (C=O) groups excluding carboxylic acids is 1. The minimum Gasteiger partial charge on any atom is -0.494 e. The van der Waals surface area contributed by atoms with Crippen molar-refractivity contribution in [3.05, 3.63) is 65.8 Å². The van der Waals surface area contributed by atoms with Crippen molar-refractivity contribution in [3.8, 4) is 5.75 Å². The largest absolute Gasteiger partial charge is 0.494 e. The first-order valence-electron chi connectivity index (χ1n) is 8.12. The molecule has 0 fully saturated rings. The fourth-order valence-electron chi connectivity index (χ4n) is 2.44. The van der Waals surface area contributed by atoms with Crippen LogP contribution in [0.15, 0.2) is 53.3 Å². The summed E-state index contributed by atoms with van der Waals surface area (Å²) < 4.78 is 12.4. The van der Waals surface area contributed by atoms with Crippen molar-refractivity contribution < 1.29 is 14.1 Å². The lowest BCUT2D eigenvalue weighted by Gasteiger charge is -2.14. The van der Waals surface area contributed by atoms with Crippen molar-refractivity contribution in [2.75, 3.05) is 6.61 Å². The summed E-state index contributed by atoms with van der Waals surface area (Å²) in [5, 5.41) is 10.8. The molecule has 1 atom stereocenters. The Morgan fingerprint density at radius 2 is 2.24 bits per heavy atom. The number of amides is 1. The number of ether oxygens (including phenoxy) is 1. The number of hydrogen-bond acceptors (Lipinski definition) is 5. The van der Waals surface area contributed by atoms with Crippen LogP contribution in [-0.4, -0.2) is 27.5 Å². The molecule has 2 heterocycles. The Balaban J connectivity index is 1.63. The summed E-state index contributed by atoms with van der Waals surface area (Å²) >= 11 is 0. The van der Waals surface area contributed by atoms with Crippen molar-refractivity contribution in [1.82, 2.24) is 20.3 Å². The van der Waals surface area contributed by atoms with Crippen molar-refractivity contribution >= 4 is 5.91 Å². The average Bonchev–Trinajstić information content (AvgIpc) is 3.28. The van der Waals surface area contributed by atoms with Crippen LogP contribution in [0, 0.1) is 0 Å². The Morgan fingerprint density at radius 3 is 3.00 bits per heavy atom. The van der Waals surface area contributed by atoms with Crippen molar-refractivity contribution in [3.63, 3.8) is 0 Å². The van der Waals surface area contributed by atoms with E-state index < -0.39 is 0 Å². The highest BCUT2D eigenvalue weighted by molar-refractivity contribution is 5.92. The van der Waals surface area contributed by atoms with Crippen molar-refractivity contribution in [2.45, 2.75) is 26.4 Å². The van der Waals surface area contributed by atoms with Gasteiger partial charge in [-0.1, -0.05) is 17.3 Å². The number of nitrogens with one attached hydrogen (secondary N) is 1. The zero-order valence-corrected chi connectivity index (χ0v) is 14.2. The highest BCUT2D eigenvalue weighted by Gasteiger charge is 2.16. The van der Waals surface area contributed by atoms with Crippen molar-refractivity contribution in [1.29, 1.82) is 0 Å². The summed E-state index contributed by atoms with van der Waals surface area (Å²) in [6.07, 6.45) is 3.50. The highest BCUT2D eigenvalue weighted by atomic mass is 16.5. The maximum Gasteiger partial charge on any atom is 0.273 e. The molecule has 1 aromatic carbocycles. The number of nitrogens with zero attached hydrogens (tertiary/aromatic N) is 3. The lowest BCUT2D eigenvalue weighted by Crippen LogP contribution is -2.26. The average molecular weight is 340 g/mol. The second kappa shape index (κ2) is 7.65. The highest BCUT2D eigenvalue weighted by Crippen LogP contribution is 2.19. The molecule has 0 aliphatic heterocycles. The molecule has 7 nitrogen and oxygen atoms in total. The Hall–Kier alpha value is -3.09. The monoisotopic (exact) mass is 340 g/mol. The van der Waals surface area contributed by atoms with Gasteiger partial charge in [-0.15, -0.1) is 0 Å². The lowest BCUT2D eigenvalue weighted by atomic mass is 10.1. The van der Waals surface area contributed by atoms with E-state index in [2.05, 4.69) is 15.6 Å². The van der Waals surface area contributed by atoms with E-state index in [4.69, 9.17) is 9.26 Å². The van der Waals surface area contributed by atoms with Gasteiger partial charge in [-0.25, -0.2) is 0 Å². The first-order chi connectivity index (χ1) is 12.2. The summed E-state index contributed by atoms with van der Waals surface area (Å²) in [7, 11) is 0. The second-order valence-electron chi connectivity index (χ2n) is 5.58. The molecule has 0 aliphatic carbocycles. The maximum atomic E-state index is 12.4. The first kappa shape index (κ1) is 16.8.